The molecule has 0 radical (unpaired) electrons. The van der Waals surface area contributed by atoms with E-state index < -0.39 is 0 Å². The Labute approximate surface area is 196 Å². The number of fused-ring (bicyclic) bond motifs is 1. The molecule has 0 saturated heterocycles. The Balaban J connectivity index is 1.39. The fourth-order valence-corrected chi connectivity index (χ4v) is 3.96. The number of carbonyl (C=O) groups excluding carboxylic acids is 2. The average Bonchev–Trinajstić information content (AvgIpc) is 3.22. The van der Waals surface area contributed by atoms with Crippen molar-refractivity contribution in [1.82, 2.24) is 19.9 Å². The molecular formula is C25H25N5O2S. The summed E-state index contributed by atoms with van der Waals surface area (Å²) in [6.45, 7) is 6.51. The van der Waals surface area contributed by atoms with Gasteiger partial charge in [-0.25, -0.2) is 0 Å². The van der Waals surface area contributed by atoms with Crippen LogP contribution in [0.2, 0.25) is 0 Å². The smallest absolute Gasteiger partial charge is 0.253 e. The number of hydrogen-bond donors (Lipinski definition) is 2. The fraction of sp³-hybridized carbons (Fsp3) is 0.200. The Hall–Kier alpha value is -3.65. The molecule has 2 amide bonds. The van der Waals surface area contributed by atoms with Gasteiger partial charge in [0.05, 0.1) is 11.3 Å². The summed E-state index contributed by atoms with van der Waals surface area (Å²) in [5.41, 5.74) is 6.38. The average molecular weight is 460 g/mol. The summed E-state index contributed by atoms with van der Waals surface area (Å²) in [4.78, 5) is 25.0. The normalized spacial score (nSPS) is 10.9. The van der Waals surface area contributed by atoms with Gasteiger partial charge in [0, 0.05) is 18.4 Å². The largest absolute Gasteiger partial charge is 0.348 e. The van der Waals surface area contributed by atoms with Crippen LogP contribution in [0.5, 0.6) is 0 Å². The van der Waals surface area contributed by atoms with Crippen LogP contribution in [0.25, 0.3) is 5.65 Å². The SMILES string of the molecule is Cc1ccc(CNC(=O)c2ccc3nnc(SCC(=O)Nc4ccc(C)c(C)c4)n3c2)cc1. The number of aryl methyl sites for hydroxylation is 3. The molecule has 0 unspecified atom stereocenters. The van der Waals surface area contributed by atoms with Gasteiger partial charge in [-0.3, -0.25) is 14.0 Å². The highest BCUT2D eigenvalue weighted by Crippen LogP contribution is 2.19. The molecule has 0 saturated carbocycles. The minimum Gasteiger partial charge on any atom is -0.348 e. The summed E-state index contributed by atoms with van der Waals surface area (Å²) in [7, 11) is 0. The monoisotopic (exact) mass is 459 g/mol. The summed E-state index contributed by atoms with van der Waals surface area (Å²) in [5.74, 6) is -0.140. The van der Waals surface area contributed by atoms with Gasteiger partial charge in [-0.2, -0.15) is 0 Å². The van der Waals surface area contributed by atoms with Crippen molar-refractivity contribution >= 4 is 34.9 Å². The Morgan fingerprint density at radius 2 is 1.73 bits per heavy atom. The zero-order valence-electron chi connectivity index (χ0n) is 18.8. The van der Waals surface area contributed by atoms with Crippen LogP contribution in [0, 0.1) is 20.8 Å². The molecule has 0 aliphatic carbocycles. The van der Waals surface area contributed by atoms with E-state index >= 15 is 0 Å². The van der Waals surface area contributed by atoms with Crippen LogP contribution in [-0.4, -0.2) is 32.2 Å². The van der Waals surface area contributed by atoms with E-state index in [-0.39, 0.29) is 17.6 Å². The molecule has 33 heavy (non-hydrogen) atoms. The summed E-state index contributed by atoms with van der Waals surface area (Å²) >= 11 is 1.27. The van der Waals surface area contributed by atoms with E-state index in [1.54, 1.807) is 22.7 Å². The lowest BCUT2D eigenvalue weighted by Gasteiger charge is -2.08. The molecule has 2 heterocycles. The molecule has 168 valence electrons. The number of nitrogens with zero attached hydrogens (tertiary/aromatic N) is 3. The Bertz CT molecular complexity index is 1310. The molecule has 0 aliphatic heterocycles. The van der Waals surface area contributed by atoms with Gasteiger partial charge in [0.25, 0.3) is 5.91 Å². The first-order valence-corrected chi connectivity index (χ1v) is 11.6. The third-order valence-corrected chi connectivity index (χ3v) is 6.27. The van der Waals surface area contributed by atoms with Crippen molar-refractivity contribution in [3.63, 3.8) is 0 Å². The molecule has 0 fully saturated rings. The van der Waals surface area contributed by atoms with Gasteiger partial charge in [0.2, 0.25) is 5.91 Å². The maximum atomic E-state index is 12.6. The van der Waals surface area contributed by atoms with E-state index in [4.69, 9.17) is 0 Å². The summed E-state index contributed by atoms with van der Waals surface area (Å²) in [6, 6.07) is 17.3. The fourth-order valence-electron chi connectivity index (χ4n) is 3.24. The highest BCUT2D eigenvalue weighted by Gasteiger charge is 2.13. The van der Waals surface area contributed by atoms with Crippen LogP contribution in [0.3, 0.4) is 0 Å². The van der Waals surface area contributed by atoms with Gasteiger partial charge in [-0.1, -0.05) is 47.7 Å². The van der Waals surface area contributed by atoms with Gasteiger partial charge in [-0.15, -0.1) is 10.2 Å². The van der Waals surface area contributed by atoms with E-state index in [9.17, 15) is 9.59 Å². The van der Waals surface area contributed by atoms with Crippen molar-refractivity contribution in [2.24, 2.45) is 0 Å². The summed E-state index contributed by atoms with van der Waals surface area (Å²) < 4.78 is 1.73. The molecule has 7 nitrogen and oxygen atoms in total. The van der Waals surface area contributed by atoms with Crippen molar-refractivity contribution in [3.8, 4) is 0 Å². The molecule has 0 bridgehead atoms. The van der Waals surface area contributed by atoms with Crippen molar-refractivity contribution in [3.05, 3.63) is 88.6 Å². The molecule has 0 atom stereocenters. The number of carbonyl (C=O) groups is 2. The molecule has 0 spiro atoms. The highest BCUT2D eigenvalue weighted by atomic mass is 32.2. The second-order valence-corrected chi connectivity index (χ2v) is 8.88. The molecule has 2 N–H and O–H groups in total. The second-order valence-electron chi connectivity index (χ2n) is 7.93. The number of hydrogen-bond acceptors (Lipinski definition) is 5. The third kappa shape index (κ3) is 5.59. The molecule has 0 aliphatic rings. The predicted octanol–water partition coefficient (Wildman–Crippen LogP) is 4.32. The van der Waals surface area contributed by atoms with E-state index in [1.165, 1.54) is 22.9 Å². The standard InChI is InChI=1S/C25H25N5O2S/c1-16-4-7-19(8-5-16)13-26-24(32)20-9-11-22-28-29-25(30(22)14-20)33-15-23(31)27-21-10-6-17(2)18(3)12-21/h4-12,14H,13,15H2,1-3H3,(H,26,32)(H,27,31). The van der Waals surface area contributed by atoms with Crippen molar-refractivity contribution < 1.29 is 9.59 Å². The van der Waals surface area contributed by atoms with E-state index in [1.807, 2.05) is 63.2 Å². The van der Waals surface area contributed by atoms with Gasteiger partial charge in [-0.05, 0) is 61.7 Å². The van der Waals surface area contributed by atoms with Crippen molar-refractivity contribution in [1.29, 1.82) is 0 Å². The lowest BCUT2D eigenvalue weighted by molar-refractivity contribution is -0.113. The van der Waals surface area contributed by atoms with Crippen LogP contribution < -0.4 is 10.6 Å². The number of anilines is 1. The van der Waals surface area contributed by atoms with Crippen molar-refractivity contribution in [2.75, 3.05) is 11.1 Å². The molecule has 4 rings (SSSR count). The Kier molecular flexibility index (Phi) is 6.74. The molecular weight excluding hydrogens is 434 g/mol. The van der Waals surface area contributed by atoms with Crippen LogP contribution in [0.4, 0.5) is 5.69 Å². The van der Waals surface area contributed by atoms with Gasteiger partial charge in [0.15, 0.2) is 10.8 Å². The van der Waals surface area contributed by atoms with Crippen molar-refractivity contribution in [2.45, 2.75) is 32.5 Å². The molecule has 2 aromatic heterocycles. The summed E-state index contributed by atoms with van der Waals surface area (Å²) in [6.07, 6.45) is 1.70. The first-order valence-electron chi connectivity index (χ1n) is 10.6. The number of thioether (sulfide) groups is 1. The maximum Gasteiger partial charge on any atom is 0.253 e. The lowest BCUT2D eigenvalue weighted by atomic mass is 10.1. The van der Waals surface area contributed by atoms with E-state index in [2.05, 4.69) is 20.8 Å². The highest BCUT2D eigenvalue weighted by molar-refractivity contribution is 7.99. The second kappa shape index (κ2) is 9.87. The topological polar surface area (TPSA) is 88.4 Å². The maximum absolute atomic E-state index is 12.6. The number of aromatic nitrogens is 3. The van der Waals surface area contributed by atoms with Crippen LogP contribution in [0.15, 0.2) is 66.0 Å². The van der Waals surface area contributed by atoms with Gasteiger partial charge >= 0.3 is 0 Å². The number of amides is 2. The first-order chi connectivity index (χ1) is 15.9. The molecule has 4 aromatic rings. The van der Waals surface area contributed by atoms with Gasteiger partial charge < -0.3 is 10.6 Å². The zero-order valence-corrected chi connectivity index (χ0v) is 19.6. The van der Waals surface area contributed by atoms with Crippen LogP contribution >= 0.6 is 11.8 Å². The van der Waals surface area contributed by atoms with E-state index in [0.29, 0.717) is 22.9 Å². The summed E-state index contributed by atoms with van der Waals surface area (Å²) in [5, 5.41) is 14.7. The predicted molar refractivity (Wildman–Crippen MR) is 131 cm³/mol. The Morgan fingerprint density at radius 1 is 0.939 bits per heavy atom. The van der Waals surface area contributed by atoms with Crippen LogP contribution in [0.1, 0.15) is 32.6 Å². The number of pyridine rings is 1. The quantitative estimate of drug-likeness (QED) is 0.402. The van der Waals surface area contributed by atoms with Crippen LogP contribution in [-0.2, 0) is 11.3 Å². The number of rotatable bonds is 7. The van der Waals surface area contributed by atoms with Gasteiger partial charge in [0.1, 0.15) is 0 Å². The third-order valence-electron chi connectivity index (χ3n) is 5.33. The minimum atomic E-state index is -0.186. The Morgan fingerprint density at radius 3 is 2.48 bits per heavy atom. The number of benzene rings is 2. The number of nitrogens with one attached hydrogen (secondary N) is 2. The van der Waals surface area contributed by atoms with E-state index in [0.717, 1.165) is 16.8 Å². The first kappa shape index (κ1) is 22.5. The minimum absolute atomic E-state index is 0.132. The molecule has 8 heteroatoms. The molecule has 2 aromatic carbocycles. The zero-order chi connectivity index (χ0) is 23.4. The lowest BCUT2D eigenvalue weighted by Crippen LogP contribution is -2.23.